The van der Waals surface area contributed by atoms with Crippen molar-refractivity contribution >= 4 is 18.0 Å². The number of carbonyl (C=O) groups excluding carboxylic acids is 2. The van der Waals surface area contributed by atoms with Gasteiger partial charge in [-0.15, -0.1) is 0 Å². The van der Waals surface area contributed by atoms with Gasteiger partial charge in [0, 0.05) is 11.5 Å². The smallest absolute Gasteiger partial charge is 0.417 e. The van der Waals surface area contributed by atoms with Crippen LogP contribution in [0.4, 0.5) is 4.79 Å². The second-order valence-corrected chi connectivity index (χ2v) is 7.34. The van der Waals surface area contributed by atoms with E-state index in [-0.39, 0.29) is 12.3 Å². The van der Waals surface area contributed by atoms with Crippen molar-refractivity contribution in [3.8, 4) is 0 Å². The van der Waals surface area contributed by atoms with Gasteiger partial charge in [-0.2, -0.15) is 0 Å². The SMILES string of the molecule is C[C@@H](C[C@@H]1CC(C)(C)N(C(=O)OC(C)(C)C)C1=O)C(=O)O. The molecule has 2 amide bonds. The Balaban J connectivity index is 2.89. The average Bonchev–Trinajstić information content (AvgIpc) is 2.45. The maximum Gasteiger partial charge on any atom is 0.417 e. The molecule has 0 aliphatic carbocycles. The number of imide groups is 1. The molecular weight excluding hydrogens is 274 g/mol. The molecular formula is C15H25NO5. The summed E-state index contributed by atoms with van der Waals surface area (Å²) in [5.74, 6) is -2.36. The van der Waals surface area contributed by atoms with Gasteiger partial charge >= 0.3 is 12.1 Å². The first-order chi connectivity index (χ1) is 9.35. The summed E-state index contributed by atoms with van der Waals surface area (Å²) in [4.78, 5) is 36.7. The summed E-state index contributed by atoms with van der Waals surface area (Å²) in [5, 5.41) is 8.97. The molecule has 2 atom stereocenters. The minimum atomic E-state index is -0.934. The maximum atomic E-state index is 12.4. The highest BCUT2D eigenvalue weighted by molar-refractivity contribution is 5.96. The number of nitrogens with zero attached hydrogens (tertiary/aromatic N) is 1. The first-order valence-corrected chi connectivity index (χ1v) is 7.15. The highest BCUT2D eigenvalue weighted by atomic mass is 16.6. The average molecular weight is 299 g/mol. The summed E-state index contributed by atoms with van der Waals surface area (Å²) in [5.41, 5.74) is -1.35. The molecule has 1 fully saturated rings. The molecule has 0 bridgehead atoms. The number of rotatable bonds is 3. The third-order valence-electron chi connectivity index (χ3n) is 3.56. The van der Waals surface area contributed by atoms with Crippen molar-refractivity contribution in [2.75, 3.05) is 0 Å². The van der Waals surface area contributed by atoms with E-state index >= 15 is 0 Å². The van der Waals surface area contributed by atoms with Crippen LogP contribution in [0.1, 0.15) is 54.4 Å². The van der Waals surface area contributed by atoms with Gasteiger partial charge in [0.1, 0.15) is 5.60 Å². The number of carboxylic acid groups (broad SMARTS) is 1. The molecule has 1 N–H and O–H groups in total. The van der Waals surface area contributed by atoms with Crippen LogP contribution < -0.4 is 0 Å². The van der Waals surface area contributed by atoms with Crippen molar-refractivity contribution < 1.29 is 24.2 Å². The molecule has 0 radical (unpaired) electrons. The zero-order valence-electron chi connectivity index (χ0n) is 13.6. The van der Waals surface area contributed by atoms with Crippen LogP contribution in [0.5, 0.6) is 0 Å². The predicted molar refractivity (Wildman–Crippen MR) is 76.7 cm³/mol. The lowest BCUT2D eigenvalue weighted by molar-refractivity contribution is -0.142. The Morgan fingerprint density at radius 1 is 1.43 bits per heavy atom. The summed E-state index contributed by atoms with van der Waals surface area (Å²) in [6, 6.07) is 0. The largest absolute Gasteiger partial charge is 0.481 e. The fourth-order valence-corrected chi connectivity index (χ4v) is 2.62. The van der Waals surface area contributed by atoms with Crippen molar-refractivity contribution in [3.05, 3.63) is 0 Å². The van der Waals surface area contributed by atoms with Crippen molar-refractivity contribution in [2.24, 2.45) is 11.8 Å². The first-order valence-electron chi connectivity index (χ1n) is 7.15. The van der Waals surface area contributed by atoms with E-state index in [2.05, 4.69) is 0 Å². The quantitative estimate of drug-likeness (QED) is 0.866. The Morgan fingerprint density at radius 3 is 2.38 bits per heavy atom. The van der Waals surface area contributed by atoms with Crippen LogP contribution >= 0.6 is 0 Å². The van der Waals surface area contributed by atoms with Gasteiger partial charge < -0.3 is 9.84 Å². The molecule has 1 rings (SSSR count). The second kappa shape index (κ2) is 5.66. The number of carboxylic acids is 1. The number of ether oxygens (including phenoxy) is 1. The molecule has 1 aliphatic rings. The summed E-state index contributed by atoms with van der Waals surface area (Å²) in [6.45, 7) is 10.4. The highest BCUT2D eigenvalue weighted by Gasteiger charge is 2.50. The lowest BCUT2D eigenvalue weighted by Crippen LogP contribution is -2.47. The van der Waals surface area contributed by atoms with Crippen LogP contribution in [-0.2, 0) is 14.3 Å². The summed E-state index contributed by atoms with van der Waals surface area (Å²) in [6.07, 6.45) is 0.0162. The number of hydrogen-bond donors (Lipinski definition) is 1. The lowest BCUT2D eigenvalue weighted by atomic mass is 9.89. The number of carbonyl (C=O) groups is 3. The van der Waals surface area contributed by atoms with Gasteiger partial charge in [0.25, 0.3) is 0 Å². The normalized spacial score (nSPS) is 23.0. The van der Waals surface area contributed by atoms with Gasteiger partial charge in [-0.25, -0.2) is 9.69 Å². The molecule has 0 unspecified atom stereocenters. The topological polar surface area (TPSA) is 83.9 Å². The zero-order valence-corrected chi connectivity index (χ0v) is 13.6. The van der Waals surface area contributed by atoms with Gasteiger partial charge in [-0.1, -0.05) is 6.92 Å². The van der Waals surface area contributed by atoms with E-state index < -0.39 is 35.0 Å². The standard InChI is InChI=1S/C15H25NO5/c1-9(12(18)19)7-10-8-15(5,6)16(11(10)17)13(20)21-14(2,3)4/h9-10H,7-8H2,1-6H3,(H,18,19)/t9-,10+/m0/s1. The second-order valence-electron chi connectivity index (χ2n) is 7.34. The minimum Gasteiger partial charge on any atom is -0.481 e. The van der Waals surface area contributed by atoms with Crippen molar-refractivity contribution in [2.45, 2.75) is 65.5 Å². The molecule has 6 nitrogen and oxygen atoms in total. The Hall–Kier alpha value is -1.59. The van der Waals surface area contributed by atoms with E-state index in [9.17, 15) is 14.4 Å². The fraction of sp³-hybridized carbons (Fsp3) is 0.800. The van der Waals surface area contributed by atoms with E-state index in [4.69, 9.17) is 9.84 Å². The van der Waals surface area contributed by atoms with Crippen LogP contribution in [0, 0.1) is 11.8 Å². The molecule has 0 aromatic carbocycles. The molecule has 0 aromatic heterocycles. The van der Waals surface area contributed by atoms with E-state index in [1.54, 1.807) is 41.5 Å². The van der Waals surface area contributed by atoms with E-state index in [0.29, 0.717) is 6.42 Å². The molecule has 0 spiro atoms. The summed E-state index contributed by atoms with van der Waals surface area (Å²) < 4.78 is 5.28. The Morgan fingerprint density at radius 2 is 1.95 bits per heavy atom. The maximum absolute atomic E-state index is 12.4. The van der Waals surface area contributed by atoms with Crippen LogP contribution in [0.15, 0.2) is 0 Å². The van der Waals surface area contributed by atoms with Crippen LogP contribution in [-0.4, -0.2) is 39.1 Å². The zero-order chi connectivity index (χ0) is 16.6. The van der Waals surface area contributed by atoms with Gasteiger partial charge in [-0.3, -0.25) is 9.59 Å². The van der Waals surface area contributed by atoms with Crippen molar-refractivity contribution in [1.82, 2.24) is 4.90 Å². The van der Waals surface area contributed by atoms with Crippen LogP contribution in [0.3, 0.4) is 0 Å². The molecule has 0 saturated carbocycles. The minimum absolute atomic E-state index is 0.233. The van der Waals surface area contributed by atoms with Gasteiger partial charge in [-0.05, 0) is 47.5 Å². The summed E-state index contributed by atoms with van der Waals surface area (Å²) in [7, 11) is 0. The Kier molecular flexibility index (Phi) is 4.70. The molecule has 21 heavy (non-hydrogen) atoms. The molecule has 120 valence electrons. The first kappa shape index (κ1) is 17.5. The van der Waals surface area contributed by atoms with Crippen molar-refractivity contribution in [1.29, 1.82) is 0 Å². The number of amides is 2. The van der Waals surface area contributed by atoms with Crippen LogP contribution in [0.2, 0.25) is 0 Å². The van der Waals surface area contributed by atoms with Gasteiger partial charge in [0.2, 0.25) is 5.91 Å². The third-order valence-corrected chi connectivity index (χ3v) is 3.56. The molecule has 6 heteroatoms. The van der Waals surface area contributed by atoms with E-state index in [0.717, 1.165) is 4.90 Å². The monoisotopic (exact) mass is 299 g/mol. The third kappa shape index (κ3) is 4.19. The Labute approximate surface area is 125 Å². The Bertz CT molecular complexity index is 449. The fourth-order valence-electron chi connectivity index (χ4n) is 2.62. The molecule has 1 saturated heterocycles. The van der Waals surface area contributed by atoms with E-state index in [1.807, 2.05) is 0 Å². The predicted octanol–water partition coefficient (Wildman–Crippen LogP) is 2.66. The van der Waals surface area contributed by atoms with Crippen LogP contribution in [0.25, 0.3) is 0 Å². The molecule has 1 heterocycles. The summed E-state index contributed by atoms with van der Waals surface area (Å²) >= 11 is 0. The molecule has 0 aromatic rings. The number of likely N-dealkylation sites (tertiary alicyclic amines) is 1. The highest BCUT2D eigenvalue weighted by Crippen LogP contribution is 2.38. The number of aliphatic carboxylic acids is 1. The molecule has 1 aliphatic heterocycles. The van der Waals surface area contributed by atoms with Gasteiger partial charge in [0.15, 0.2) is 0 Å². The van der Waals surface area contributed by atoms with Crippen molar-refractivity contribution in [3.63, 3.8) is 0 Å². The lowest BCUT2D eigenvalue weighted by Gasteiger charge is -2.31. The van der Waals surface area contributed by atoms with E-state index in [1.165, 1.54) is 0 Å². The van der Waals surface area contributed by atoms with Gasteiger partial charge in [0.05, 0.1) is 5.92 Å². The number of hydrogen-bond acceptors (Lipinski definition) is 4.